The van der Waals surface area contributed by atoms with Gasteiger partial charge in [-0.05, 0) is 32.0 Å². The van der Waals surface area contributed by atoms with Crippen LogP contribution in [0, 0.1) is 17.5 Å². The average Bonchev–Trinajstić information content (AvgIpc) is 2.73. The van der Waals surface area contributed by atoms with Crippen molar-refractivity contribution in [3.05, 3.63) is 63.7 Å². The third-order valence-corrected chi connectivity index (χ3v) is 5.65. The summed E-state index contributed by atoms with van der Waals surface area (Å²) in [7, 11) is 1.29. The largest absolute Gasteiger partial charge is 0.492 e. The summed E-state index contributed by atoms with van der Waals surface area (Å²) in [5.41, 5.74) is -1.80. The van der Waals surface area contributed by atoms with Crippen LogP contribution in [0.25, 0.3) is 16.6 Å². The minimum Gasteiger partial charge on any atom is -0.492 e. The topological polar surface area (TPSA) is 83.8 Å². The average molecular weight is 461 g/mol. The molecule has 174 valence electrons. The molecular weight excluding hydrogens is 439 g/mol. The number of hydrogen-bond acceptors (Lipinski definition) is 5. The summed E-state index contributed by atoms with van der Waals surface area (Å²) in [6, 6.07) is 3.74. The first-order chi connectivity index (χ1) is 15.6. The van der Waals surface area contributed by atoms with E-state index in [-0.39, 0.29) is 40.1 Å². The van der Waals surface area contributed by atoms with Gasteiger partial charge in [-0.3, -0.25) is 4.79 Å². The fraction of sp³-hybridized carbons (Fsp3) is 0.304. The van der Waals surface area contributed by atoms with Crippen LogP contribution >= 0.6 is 0 Å². The van der Waals surface area contributed by atoms with Gasteiger partial charge in [0.2, 0.25) is 5.43 Å². The predicted molar refractivity (Wildman–Crippen MR) is 117 cm³/mol. The summed E-state index contributed by atoms with van der Waals surface area (Å²) in [6.07, 6.45) is 0.941. The van der Waals surface area contributed by atoms with Crippen LogP contribution in [0.5, 0.6) is 5.75 Å². The maximum absolute atomic E-state index is 15.4. The molecule has 33 heavy (non-hydrogen) atoms. The second kappa shape index (κ2) is 8.43. The smallest absolute Gasteiger partial charge is 0.341 e. The van der Waals surface area contributed by atoms with Gasteiger partial charge in [-0.25, -0.2) is 18.0 Å². The summed E-state index contributed by atoms with van der Waals surface area (Å²) >= 11 is 0. The number of rotatable bonds is 4. The van der Waals surface area contributed by atoms with Crippen LogP contribution in [0.4, 0.5) is 18.9 Å². The zero-order valence-corrected chi connectivity index (χ0v) is 18.2. The molecule has 2 unspecified atom stereocenters. The van der Waals surface area contributed by atoms with Crippen LogP contribution in [-0.4, -0.2) is 47.9 Å². The van der Waals surface area contributed by atoms with Crippen molar-refractivity contribution in [1.29, 1.82) is 0 Å². The number of aromatic nitrogens is 1. The minimum absolute atomic E-state index is 0.0201. The molecule has 0 bridgehead atoms. The highest BCUT2D eigenvalue weighted by Crippen LogP contribution is 2.40. The molecule has 1 aliphatic heterocycles. The highest BCUT2D eigenvalue weighted by molar-refractivity contribution is 5.97. The number of ether oxygens (including phenoxy) is 1. The molecule has 0 aliphatic carbocycles. The number of anilines is 1. The van der Waals surface area contributed by atoms with E-state index in [0.717, 1.165) is 29.0 Å². The first-order valence-corrected chi connectivity index (χ1v) is 10.3. The minimum atomic E-state index is -1.56. The molecular formula is C23H22F3N3O4. The third kappa shape index (κ3) is 3.91. The van der Waals surface area contributed by atoms with Crippen molar-refractivity contribution in [3.63, 3.8) is 0 Å². The summed E-state index contributed by atoms with van der Waals surface area (Å²) in [4.78, 5) is 26.4. The summed E-state index contributed by atoms with van der Waals surface area (Å²) in [6.45, 7) is 4.76. The monoisotopic (exact) mass is 461 g/mol. The molecule has 0 amide bonds. The fourth-order valence-corrected chi connectivity index (χ4v) is 4.43. The van der Waals surface area contributed by atoms with Crippen molar-refractivity contribution in [3.8, 4) is 11.4 Å². The summed E-state index contributed by atoms with van der Waals surface area (Å²) in [5.74, 6) is -4.21. The number of carboxylic acids is 1. The molecule has 10 heteroatoms. The van der Waals surface area contributed by atoms with Gasteiger partial charge in [0, 0.05) is 37.4 Å². The number of nitrogens with one attached hydrogen (secondary N) is 1. The van der Waals surface area contributed by atoms with Crippen molar-refractivity contribution >= 4 is 22.6 Å². The number of methoxy groups -OCH3 is 1. The van der Waals surface area contributed by atoms with Gasteiger partial charge in [0.1, 0.15) is 28.4 Å². The van der Waals surface area contributed by atoms with Crippen LogP contribution in [0.3, 0.4) is 0 Å². The van der Waals surface area contributed by atoms with Crippen LogP contribution in [0.2, 0.25) is 0 Å². The van der Waals surface area contributed by atoms with E-state index in [1.807, 2.05) is 13.8 Å². The molecule has 3 aromatic rings. The van der Waals surface area contributed by atoms with E-state index in [0.29, 0.717) is 19.2 Å². The van der Waals surface area contributed by atoms with Crippen LogP contribution in [0.15, 0.2) is 35.3 Å². The van der Waals surface area contributed by atoms with E-state index >= 15 is 4.39 Å². The number of nitrogens with zero attached hydrogens (tertiary/aromatic N) is 2. The van der Waals surface area contributed by atoms with E-state index in [4.69, 9.17) is 4.74 Å². The highest BCUT2D eigenvalue weighted by atomic mass is 19.1. The molecule has 2 heterocycles. The van der Waals surface area contributed by atoms with Crippen molar-refractivity contribution < 1.29 is 27.8 Å². The van der Waals surface area contributed by atoms with E-state index in [2.05, 4.69) is 5.32 Å². The Labute approximate surface area is 187 Å². The number of aromatic carboxylic acids is 1. The Morgan fingerprint density at radius 3 is 2.36 bits per heavy atom. The first-order valence-electron chi connectivity index (χ1n) is 10.3. The Balaban J connectivity index is 2.12. The zero-order valence-electron chi connectivity index (χ0n) is 18.2. The van der Waals surface area contributed by atoms with Crippen molar-refractivity contribution in [1.82, 2.24) is 9.88 Å². The van der Waals surface area contributed by atoms with Gasteiger partial charge < -0.3 is 24.6 Å². The molecule has 1 aromatic heterocycles. The van der Waals surface area contributed by atoms with Crippen molar-refractivity contribution in [2.75, 3.05) is 25.1 Å². The lowest BCUT2D eigenvalue weighted by molar-refractivity contribution is 0.0695. The van der Waals surface area contributed by atoms with Crippen LogP contribution in [-0.2, 0) is 0 Å². The Morgan fingerprint density at radius 2 is 1.79 bits per heavy atom. The van der Waals surface area contributed by atoms with Crippen molar-refractivity contribution in [2.24, 2.45) is 0 Å². The molecule has 0 spiro atoms. The molecule has 2 N–H and O–H groups in total. The van der Waals surface area contributed by atoms with Crippen LogP contribution < -0.4 is 20.4 Å². The molecule has 0 radical (unpaired) electrons. The SMILES string of the molecule is COc1c(N2CC(C)NC(C)C2)c(F)cc2c(=O)c(C(=O)O)cn(-c3ccc(F)cc3F)c12. The second-order valence-corrected chi connectivity index (χ2v) is 8.15. The van der Waals surface area contributed by atoms with Crippen molar-refractivity contribution in [2.45, 2.75) is 25.9 Å². The van der Waals surface area contributed by atoms with Gasteiger partial charge in [0.25, 0.3) is 0 Å². The molecule has 1 aliphatic rings. The third-order valence-electron chi connectivity index (χ3n) is 5.65. The number of carboxylic acid groups (broad SMARTS) is 1. The molecule has 1 fully saturated rings. The number of carbonyl (C=O) groups is 1. The zero-order chi connectivity index (χ0) is 24.0. The standard InChI is InChI=1S/C23H22F3N3O4/c1-11-8-28(9-12(2)27-11)20-17(26)7-14-19(22(20)33-3)29(10-15(21(14)30)23(31)32)18-5-4-13(24)6-16(18)25/h4-7,10-12,27H,8-9H2,1-3H3,(H,31,32). The normalized spacial score (nSPS) is 18.5. The van der Waals surface area contributed by atoms with Gasteiger partial charge >= 0.3 is 5.97 Å². The number of fused-ring (bicyclic) bond motifs is 1. The Kier molecular flexibility index (Phi) is 5.79. The maximum atomic E-state index is 15.4. The second-order valence-electron chi connectivity index (χ2n) is 8.15. The van der Waals surface area contributed by atoms with E-state index in [1.165, 1.54) is 7.11 Å². The quantitative estimate of drug-likeness (QED) is 0.621. The fourth-order valence-electron chi connectivity index (χ4n) is 4.43. The molecule has 0 saturated carbocycles. The number of pyridine rings is 1. The molecule has 1 saturated heterocycles. The summed E-state index contributed by atoms with van der Waals surface area (Å²) < 4.78 is 50.3. The van der Waals surface area contributed by atoms with E-state index < -0.39 is 34.4 Å². The lowest BCUT2D eigenvalue weighted by Crippen LogP contribution is -2.54. The van der Waals surface area contributed by atoms with Gasteiger partial charge in [0.15, 0.2) is 11.6 Å². The van der Waals surface area contributed by atoms with E-state index in [1.54, 1.807) is 4.90 Å². The number of benzene rings is 2. The van der Waals surface area contributed by atoms with Gasteiger partial charge in [0.05, 0.1) is 18.2 Å². The van der Waals surface area contributed by atoms with Gasteiger partial charge in [-0.15, -0.1) is 0 Å². The lowest BCUT2D eigenvalue weighted by atomic mass is 10.1. The van der Waals surface area contributed by atoms with Gasteiger partial charge in [-0.2, -0.15) is 0 Å². The van der Waals surface area contributed by atoms with Crippen LogP contribution in [0.1, 0.15) is 24.2 Å². The van der Waals surface area contributed by atoms with E-state index in [9.17, 15) is 23.5 Å². The predicted octanol–water partition coefficient (Wildman–Crippen LogP) is 3.30. The Hall–Kier alpha value is -3.53. The molecule has 2 atom stereocenters. The Bertz CT molecular complexity index is 1310. The first kappa shape index (κ1) is 22.7. The number of hydrogen-bond donors (Lipinski definition) is 2. The summed E-state index contributed by atoms with van der Waals surface area (Å²) in [5, 5.41) is 12.6. The Morgan fingerprint density at radius 1 is 1.12 bits per heavy atom. The number of piperazine rings is 1. The van der Waals surface area contributed by atoms with Gasteiger partial charge in [-0.1, -0.05) is 0 Å². The maximum Gasteiger partial charge on any atom is 0.341 e. The molecule has 7 nitrogen and oxygen atoms in total. The molecule has 2 aromatic carbocycles. The number of halogens is 3. The lowest BCUT2D eigenvalue weighted by Gasteiger charge is -2.38. The molecule has 4 rings (SSSR count). The highest BCUT2D eigenvalue weighted by Gasteiger charge is 2.30.